The van der Waals surface area contributed by atoms with E-state index in [0.717, 1.165) is 12.8 Å². The Labute approximate surface area is 112 Å². The summed E-state index contributed by atoms with van der Waals surface area (Å²) in [6, 6.07) is 9.04. The largest absolute Gasteiger partial charge is 0.228 e. The molecule has 2 rings (SSSR count). The van der Waals surface area contributed by atoms with Gasteiger partial charge in [0.25, 0.3) is 0 Å². The Balaban J connectivity index is 2.10. The fraction of sp³-hybridized carbons (Fsp3) is 0.462. The number of halogens is 1. The SMILES string of the molecule is N#CCC1(CS(=O)(=O)Cc2ccccc2Cl)CC1. The summed E-state index contributed by atoms with van der Waals surface area (Å²) >= 11 is 5.96. The van der Waals surface area contributed by atoms with E-state index in [1.807, 2.05) is 0 Å². The van der Waals surface area contributed by atoms with E-state index in [-0.39, 0.29) is 16.9 Å². The van der Waals surface area contributed by atoms with Gasteiger partial charge in [-0.2, -0.15) is 5.26 Å². The molecule has 0 heterocycles. The van der Waals surface area contributed by atoms with Crippen LogP contribution in [0.3, 0.4) is 0 Å². The Bertz CT molecular complexity index is 585. The summed E-state index contributed by atoms with van der Waals surface area (Å²) in [4.78, 5) is 0. The van der Waals surface area contributed by atoms with Crippen molar-refractivity contribution in [2.24, 2.45) is 5.41 Å². The molecule has 1 saturated carbocycles. The second-order valence-electron chi connectivity index (χ2n) is 4.96. The molecule has 0 spiro atoms. The van der Waals surface area contributed by atoms with Crippen LogP contribution in [0.5, 0.6) is 0 Å². The monoisotopic (exact) mass is 283 g/mol. The Hall–Kier alpha value is -1.05. The molecule has 0 aromatic heterocycles. The quantitative estimate of drug-likeness (QED) is 0.835. The molecular formula is C13H14ClNO2S. The standard InChI is InChI=1S/C13H14ClNO2S/c14-12-4-2-1-3-11(12)9-18(16,17)10-13(5-6-13)7-8-15/h1-4H,5-7,9-10H2. The summed E-state index contributed by atoms with van der Waals surface area (Å²) < 4.78 is 24.2. The first-order valence-electron chi connectivity index (χ1n) is 5.77. The average molecular weight is 284 g/mol. The van der Waals surface area contributed by atoms with E-state index >= 15 is 0 Å². The van der Waals surface area contributed by atoms with Crippen molar-refractivity contribution in [3.8, 4) is 6.07 Å². The van der Waals surface area contributed by atoms with Crippen molar-refractivity contribution in [3.05, 3.63) is 34.9 Å². The van der Waals surface area contributed by atoms with Crippen LogP contribution in [0.15, 0.2) is 24.3 Å². The van der Waals surface area contributed by atoms with Gasteiger partial charge in [0.05, 0.1) is 17.6 Å². The third-order valence-corrected chi connectivity index (χ3v) is 5.44. The van der Waals surface area contributed by atoms with Gasteiger partial charge in [0.2, 0.25) is 0 Å². The molecule has 1 aliphatic carbocycles. The van der Waals surface area contributed by atoms with Crippen molar-refractivity contribution in [1.82, 2.24) is 0 Å². The van der Waals surface area contributed by atoms with Gasteiger partial charge < -0.3 is 0 Å². The fourth-order valence-corrected chi connectivity index (χ4v) is 4.52. The highest BCUT2D eigenvalue weighted by molar-refractivity contribution is 7.90. The fourth-order valence-electron chi connectivity index (χ4n) is 2.09. The second kappa shape index (κ2) is 4.91. The topological polar surface area (TPSA) is 57.9 Å². The van der Waals surface area contributed by atoms with Crippen molar-refractivity contribution >= 4 is 21.4 Å². The molecule has 0 unspecified atom stereocenters. The van der Waals surface area contributed by atoms with Gasteiger partial charge >= 0.3 is 0 Å². The van der Waals surface area contributed by atoms with Crippen LogP contribution >= 0.6 is 11.6 Å². The zero-order valence-corrected chi connectivity index (χ0v) is 11.5. The van der Waals surface area contributed by atoms with Gasteiger partial charge in [-0.25, -0.2) is 8.42 Å². The van der Waals surface area contributed by atoms with Crippen LogP contribution in [0, 0.1) is 16.7 Å². The molecule has 18 heavy (non-hydrogen) atoms. The van der Waals surface area contributed by atoms with E-state index in [1.54, 1.807) is 24.3 Å². The summed E-state index contributed by atoms with van der Waals surface area (Å²) in [6.07, 6.45) is 2.00. The summed E-state index contributed by atoms with van der Waals surface area (Å²) in [7, 11) is -3.21. The molecule has 0 saturated heterocycles. The van der Waals surface area contributed by atoms with E-state index in [9.17, 15) is 8.42 Å². The summed E-state index contributed by atoms with van der Waals surface area (Å²) in [5.74, 6) is 0.0542. The molecule has 3 nitrogen and oxygen atoms in total. The number of hydrogen-bond acceptors (Lipinski definition) is 3. The van der Waals surface area contributed by atoms with Gasteiger partial charge in [-0.3, -0.25) is 0 Å². The lowest BCUT2D eigenvalue weighted by atomic mass is 10.1. The number of nitrogens with zero attached hydrogens (tertiary/aromatic N) is 1. The molecule has 5 heteroatoms. The Morgan fingerprint density at radius 1 is 1.33 bits per heavy atom. The van der Waals surface area contributed by atoms with E-state index in [0.29, 0.717) is 17.0 Å². The normalized spacial score (nSPS) is 17.1. The predicted molar refractivity (Wildman–Crippen MR) is 70.8 cm³/mol. The van der Waals surface area contributed by atoms with E-state index < -0.39 is 9.84 Å². The maximum atomic E-state index is 12.1. The minimum absolute atomic E-state index is 0.0418. The molecule has 0 atom stereocenters. The first-order chi connectivity index (χ1) is 8.46. The van der Waals surface area contributed by atoms with Crippen molar-refractivity contribution in [2.45, 2.75) is 25.0 Å². The van der Waals surface area contributed by atoms with Crippen LogP contribution in [0.2, 0.25) is 5.02 Å². The smallest absolute Gasteiger partial charge is 0.155 e. The van der Waals surface area contributed by atoms with Crippen molar-refractivity contribution in [3.63, 3.8) is 0 Å². The maximum Gasteiger partial charge on any atom is 0.155 e. The highest BCUT2D eigenvalue weighted by Gasteiger charge is 2.45. The Kier molecular flexibility index (Phi) is 3.65. The lowest BCUT2D eigenvalue weighted by Crippen LogP contribution is -2.18. The Morgan fingerprint density at radius 2 is 2.00 bits per heavy atom. The Morgan fingerprint density at radius 3 is 2.56 bits per heavy atom. The van der Waals surface area contributed by atoms with E-state index in [1.165, 1.54) is 0 Å². The van der Waals surface area contributed by atoms with Crippen molar-refractivity contribution in [2.75, 3.05) is 5.75 Å². The number of hydrogen-bond donors (Lipinski definition) is 0. The predicted octanol–water partition coefficient (Wildman–Crippen LogP) is 2.95. The number of rotatable bonds is 5. The molecule has 0 aliphatic heterocycles. The molecule has 96 valence electrons. The third kappa shape index (κ3) is 3.24. The molecule has 1 aromatic carbocycles. The molecule has 0 radical (unpaired) electrons. The van der Waals surface area contributed by atoms with Crippen LogP contribution < -0.4 is 0 Å². The van der Waals surface area contributed by atoms with Gasteiger partial charge in [-0.15, -0.1) is 0 Å². The lowest BCUT2D eigenvalue weighted by molar-refractivity contribution is 0.547. The number of benzene rings is 1. The first-order valence-corrected chi connectivity index (χ1v) is 7.97. The zero-order chi connectivity index (χ0) is 13.2. The second-order valence-corrected chi connectivity index (χ2v) is 7.43. The molecule has 1 aromatic rings. The highest BCUT2D eigenvalue weighted by atomic mass is 35.5. The average Bonchev–Trinajstić information content (AvgIpc) is 3.00. The molecule has 1 fully saturated rings. The van der Waals surface area contributed by atoms with Gasteiger partial charge in [0, 0.05) is 11.4 Å². The van der Waals surface area contributed by atoms with Crippen LogP contribution in [-0.2, 0) is 15.6 Å². The molecular weight excluding hydrogens is 270 g/mol. The van der Waals surface area contributed by atoms with Crippen molar-refractivity contribution < 1.29 is 8.42 Å². The minimum atomic E-state index is -3.21. The maximum absolute atomic E-state index is 12.1. The van der Waals surface area contributed by atoms with Gasteiger partial charge in [0.1, 0.15) is 0 Å². The van der Waals surface area contributed by atoms with Crippen LogP contribution in [-0.4, -0.2) is 14.2 Å². The van der Waals surface area contributed by atoms with Crippen LogP contribution in [0.4, 0.5) is 0 Å². The first kappa shape index (κ1) is 13.4. The summed E-state index contributed by atoms with van der Waals surface area (Å²) in [6.45, 7) is 0. The third-order valence-electron chi connectivity index (χ3n) is 3.27. The van der Waals surface area contributed by atoms with Gasteiger partial charge in [0.15, 0.2) is 9.84 Å². The zero-order valence-electron chi connectivity index (χ0n) is 9.89. The molecule has 0 N–H and O–H groups in total. The van der Waals surface area contributed by atoms with Crippen molar-refractivity contribution in [1.29, 1.82) is 5.26 Å². The van der Waals surface area contributed by atoms with Crippen LogP contribution in [0.25, 0.3) is 0 Å². The number of nitriles is 1. The summed E-state index contributed by atoms with van der Waals surface area (Å²) in [5, 5.41) is 9.18. The van der Waals surface area contributed by atoms with Crippen LogP contribution in [0.1, 0.15) is 24.8 Å². The highest BCUT2D eigenvalue weighted by Crippen LogP contribution is 2.49. The molecule has 1 aliphatic rings. The molecule has 0 bridgehead atoms. The molecule has 0 amide bonds. The van der Waals surface area contributed by atoms with Gasteiger partial charge in [-0.1, -0.05) is 29.8 Å². The van der Waals surface area contributed by atoms with Gasteiger partial charge in [-0.05, 0) is 29.9 Å². The summed E-state index contributed by atoms with van der Waals surface area (Å²) in [5.41, 5.74) is 0.349. The van der Waals surface area contributed by atoms with E-state index in [2.05, 4.69) is 6.07 Å². The number of sulfone groups is 1. The lowest BCUT2D eigenvalue weighted by Gasteiger charge is -2.12. The van der Waals surface area contributed by atoms with E-state index in [4.69, 9.17) is 16.9 Å². The minimum Gasteiger partial charge on any atom is -0.228 e.